The van der Waals surface area contributed by atoms with E-state index in [4.69, 9.17) is 5.73 Å². The van der Waals surface area contributed by atoms with Gasteiger partial charge in [-0.2, -0.15) is 0 Å². The van der Waals surface area contributed by atoms with Crippen molar-refractivity contribution in [2.45, 2.75) is 50.6 Å². The molecule has 2 aliphatic rings. The maximum absolute atomic E-state index is 11.9. The number of aromatic amines is 1. The van der Waals surface area contributed by atoms with Crippen molar-refractivity contribution in [3.05, 3.63) is 24.0 Å². The first kappa shape index (κ1) is 12.7. The van der Waals surface area contributed by atoms with Crippen molar-refractivity contribution in [2.75, 3.05) is 0 Å². The molecule has 2 saturated carbocycles. The fourth-order valence-electron chi connectivity index (χ4n) is 3.85. The molecule has 1 aromatic heterocycles. The normalized spacial score (nSPS) is 33.3. The van der Waals surface area contributed by atoms with E-state index in [1.54, 1.807) is 0 Å². The summed E-state index contributed by atoms with van der Waals surface area (Å²) in [7, 11) is 0. The SMILES string of the molecule is NC1CC2CC(NC(=O)CCc3cc[nH]c3)CC2C1. The van der Waals surface area contributed by atoms with Gasteiger partial charge in [0.1, 0.15) is 0 Å². The summed E-state index contributed by atoms with van der Waals surface area (Å²) in [6.45, 7) is 0. The van der Waals surface area contributed by atoms with E-state index in [1.165, 1.54) is 5.56 Å². The van der Waals surface area contributed by atoms with Gasteiger partial charge in [-0.05, 0) is 55.6 Å². The van der Waals surface area contributed by atoms with E-state index in [9.17, 15) is 4.79 Å². The smallest absolute Gasteiger partial charge is 0.220 e. The largest absolute Gasteiger partial charge is 0.367 e. The number of hydrogen-bond acceptors (Lipinski definition) is 2. The van der Waals surface area contributed by atoms with Crippen LogP contribution in [-0.2, 0) is 11.2 Å². The Bertz CT molecular complexity index is 415. The van der Waals surface area contributed by atoms with Crippen LogP contribution in [0, 0.1) is 11.8 Å². The van der Waals surface area contributed by atoms with E-state index in [1.807, 2.05) is 18.5 Å². The molecule has 0 saturated heterocycles. The molecule has 1 amide bonds. The van der Waals surface area contributed by atoms with Gasteiger partial charge in [0.15, 0.2) is 0 Å². The number of carbonyl (C=O) groups excluding carboxylic acids is 1. The van der Waals surface area contributed by atoms with Gasteiger partial charge in [-0.15, -0.1) is 0 Å². The summed E-state index contributed by atoms with van der Waals surface area (Å²) in [5.41, 5.74) is 7.18. The van der Waals surface area contributed by atoms with Gasteiger partial charge in [-0.25, -0.2) is 0 Å². The molecule has 0 aromatic carbocycles. The first-order valence-electron chi connectivity index (χ1n) is 7.37. The number of aromatic nitrogens is 1. The van der Waals surface area contributed by atoms with Crippen LogP contribution in [-0.4, -0.2) is 23.0 Å². The average molecular weight is 261 g/mol. The molecular formula is C15H23N3O. The molecule has 2 aliphatic carbocycles. The van der Waals surface area contributed by atoms with Crippen LogP contribution in [0.3, 0.4) is 0 Å². The van der Waals surface area contributed by atoms with Crippen LogP contribution in [0.4, 0.5) is 0 Å². The van der Waals surface area contributed by atoms with Gasteiger partial charge in [0.25, 0.3) is 0 Å². The predicted octanol–water partition coefficient (Wildman–Crippen LogP) is 1.58. The molecule has 4 N–H and O–H groups in total. The molecule has 3 rings (SSSR count). The summed E-state index contributed by atoms with van der Waals surface area (Å²) in [4.78, 5) is 14.9. The van der Waals surface area contributed by atoms with Crippen molar-refractivity contribution >= 4 is 5.91 Å². The second kappa shape index (κ2) is 5.37. The van der Waals surface area contributed by atoms with E-state index >= 15 is 0 Å². The van der Waals surface area contributed by atoms with Crippen LogP contribution in [0.15, 0.2) is 18.5 Å². The highest BCUT2D eigenvalue weighted by molar-refractivity contribution is 5.76. The summed E-state index contributed by atoms with van der Waals surface area (Å²) in [6.07, 6.45) is 9.83. The van der Waals surface area contributed by atoms with Gasteiger partial charge in [0, 0.05) is 30.9 Å². The molecule has 19 heavy (non-hydrogen) atoms. The highest BCUT2D eigenvalue weighted by atomic mass is 16.1. The van der Waals surface area contributed by atoms with Crippen molar-refractivity contribution < 1.29 is 4.79 Å². The van der Waals surface area contributed by atoms with Gasteiger partial charge in [0.2, 0.25) is 5.91 Å². The van der Waals surface area contributed by atoms with Gasteiger partial charge >= 0.3 is 0 Å². The maximum Gasteiger partial charge on any atom is 0.220 e. The zero-order valence-corrected chi connectivity index (χ0v) is 11.3. The number of hydrogen-bond donors (Lipinski definition) is 3. The van der Waals surface area contributed by atoms with Crippen molar-refractivity contribution in [1.82, 2.24) is 10.3 Å². The number of amides is 1. The van der Waals surface area contributed by atoms with Crippen molar-refractivity contribution in [2.24, 2.45) is 17.6 Å². The maximum atomic E-state index is 11.9. The molecule has 0 radical (unpaired) electrons. The zero-order chi connectivity index (χ0) is 13.2. The Kier molecular flexibility index (Phi) is 3.60. The summed E-state index contributed by atoms with van der Waals surface area (Å²) in [5, 5.41) is 3.19. The quantitative estimate of drug-likeness (QED) is 0.770. The summed E-state index contributed by atoms with van der Waals surface area (Å²) < 4.78 is 0. The van der Waals surface area contributed by atoms with E-state index in [2.05, 4.69) is 10.3 Å². The van der Waals surface area contributed by atoms with Gasteiger partial charge in [-0.1, -0.05) is 0 Å². The van der Waals surface area contributed by atoms with Gasteiger partial charge in [-0.3, -0.25) is 4.79 Å². The molecule has 2 unspecified atom stereocenters. The Labute approximate surface area is 114 Å². The molecule has 4 nitrogen and oxygen atoms in total. The van der Waals surface area contributed by atoms with Crippen LogP contribution >= 0.6 is 0 Å². The minimum absolute atomic E-state index is 0.190. The predicted molar refractivity (Wildman–Crippen MR) is 74.5 cm³/mol. The number of nitrogens with two attached hydrogens (primary N) is 1. The standard InChI is InChI=1S/C15H23N3O/c16-13-5-11-7-14(8-12(11)6-13)18-15(19)2-1-10-3-4-17-9-10/h3-4,9,11-14,17H,1-2,5-8,16H2,(H,18,19). The number of fused-ring (bicyclic) bond motifs is 1. The topological polar surface area (TPSA) is 70.9 Å². The third kappa shape index (κ3) is 3.00. The van der Waals surface area contributed by atoms with Crippen molar-refractivity contribution in [3.8, 4) is 0 Å². The summed E-state index contributed by atoms with van der Waals surface area (Å²) in [5.74, 6) is 1.70. The zero-order valence-electron chi connectivity index (χ0n) is 11.3. The van der Waals surface area contributed by atoms with Crippen LogP contribution in [0.1, 0.15) is 37.7 Å². The molecular weight excluding hydrogens is 238 g/mol. The van der Waals surface area contributed by atoms with Crippen molar-refractivity contribution in [3.63, 3.8) is 0 Å². The van der Waals surface area contributed by atoms with Crippen LogP contribution in [0.5, 0.6) is 0 Å². The summed E-state index contributed by atoms with van der Waals surface area (Å²) in [6, 6.07) is 2.82. The first-order chi connectivity index (χ1) is 9.20. The van der Waals surface area contributed by atoms with E-state index in [0.717, 1.165) is 43.9 Å². The van der Waals surface area contributed by atoms with E-state index < -0.39 is 0 Å². The fourth-order valence-corrected chi connectivity index (χ4v) is 3.85. The minimum atomic E-state index is 0.190. The van der Waals surface area contributed by atoms with E-state index in [0.29, 0.717) is 18.5 Å². The second-order valence-corrected chi connectivity index (χ2v) is 6.21. The lowest BCUT2D eigenvalue weighted by molar-refractivity contribution is -0.121. The lowest BCUT2D eigenvalue weighted by atomic mass is 10.0. The van der Waals surface area contributed by atoms with Crippen molar-refractivity contribution in [1.29, 1.82) is 0 Å². The molecule has 0 spiro atoms. The average Bonchev–Trinajstić information content (AvgIpc) is 3.02. The Hall–Kier alpha value is -1.29. The minimum Gasteiger partial charge on any atom is -0.367 e. The molecule has 0 aliphatic heterocycles. The number of rotatable bonds is 4. The Morgan fingerprint density at radius 2 is 2.05 bits per heavy atom. The van der Waals surface area contributed by atoms with Gasteiger partial charge in [0.05, 0.1) is 0 Å². The fraction of sp³-hybridized carbons (Fsp3) is 0.667. The molecule has 0 bridgehead atoms. The van der Waals surface area contributed by atoms with E-state index in [-0.39, 0.29) is 5.91 Å². The Morgan fingerprint density at radius 1 is 1.32 bits per heavy atom. The van der Waals surface area contributed by atoms with Gasteiger partial charge < -0.3 is 16.0 Å². The van der Waals surface area contributed by atoms with Crippen LogP contribution in [0.25, 0.3) is 0 Å². The molecule has 104 valence electrons. The van der Waals surface area contributed by atoms with Crippen LogP contribution in [0.2, 0.25) is 0 Å². The lowest BCUT2D eigenvalue weighted by Crippen LogP contribution is -2.34. The monoisotopic (exact) mass is 261 g/mol. The Morgan fingerprint density at radius 3 is 2.68 bits per heavy atom. The molecule has 4 heteroatoms. The second-order valence-electron chi connectivity index (χ2n) is 6.21. The number of carbonyl (C=O) groups is 1. The first-order valence-corrected chi connectivity index (χ1v) is 7.37. The number of nitrogens with one attached hydrogen (secondary N) is 2. The number of H-pyrrole nitrogens is 1. The molecule has 1 heterocycles. The molecule has 2 atom stereocenters. The highest BCUT2D eigenvalue weighted by Crippen LogP contribution is 2.43. The van der Waals surface area contributed by atoms with Crippen LogP contribution < -0.4 is 11.1 Å². The summed E-state index contributed by atoms with van der Waals surface area (Å²) >= 11 is 0. The molecule has 2 fully saturated rings. The highest BCUT2D eigenvalue weighted by Gasteiger charge is 2.40. The molecule has 1 aromatic rings. The lowest BCUT2D eigenvalue weighted by Gasteiger charge is -2.14. The Balaban J connectivity index is 1.41. The number of aryl methyl sites for hydroxylation is 1. The third-order valence-corrected chi connectivity index (χ3v) is 4.72. The third-order valence-electron chi connectivity index (χ3n) is 4.72.